The van der Waals surface area contributed by atoms with Gasteiger partial charge >= 0.3 is 0 Å². The minimum absolute atomic E-state index is 0.00173. The second-order valence-corrected chi connectivity index (χ2v) is 10.5. The van der Waals surface area contributed by atoms with Crippen molar-refractivity contribution in [1.82, 2.24) is 20.4 Å². The summed E-state index contributed by atoms with van der Waals surface area (Å²) >= 11 is 0. The van der Waals surface area contributed by atoms with Crippen molar-refractivity contribution in [2.75, 3.05) is 13.1 Å². The lowest BCUT2D eigenvalue weighted by Crippen LogP contribution is -2.41. The molecule has 1 saturated heterocycles. The number of hydrogen-bond donors (Lipinski definition) is 1. The van der Waals surface area contributed by atoms with Gasteiger partial charge in [-0.15, -0.1) is 0 Å². The van der Waals surface area contributed by atoms with Gasteiger partial charge in [-0.1, -0.05) is 80.0 Å². The highest BCUT2D eigenvalue weighted by molar-refractivity contribution is 5.79. The number of aromatic nitrogens is 2. The smallest absolute Gasteiger partial charge is 0.241 e. The number of nitrogens with zero attached hydrogens (tertiary/aromatic N) is 3. The van der Waals surface area contributed by atoms with Crippen molar-refractivity contribution in [3.8, 4) is 11.4 Å². The summed E-state index contributed by atoms with van der Waals surface area (Å²) in [5.74, 6) is 1.42. The van der Waals surface area contributed by atoms with Crippen molar-refractivity contribution >= 4 is 5.91 Å². The Hall–Kier alpha value is -2.99. The first-order valence-electron chi connectivity index (χ1n) is 12.2. The molecule has 0 saturated carbocycles. The Bertz CT molecular complexity index is 1090. The Balaban J connectivity index is 1.26. The lowest BCUT2D eigenvalue weighted by atomic mass is 9.86. The van der Waals surface area contributed by atoms with Gasteiger partial charge in [0.25, 0.3) is 0 Å². The molecule has 1 fully saturated rings. The highest BCUT2D eigenvalue weighted by Crippen LogP contribution is 2.25. The van der Waals surface area contributed by atoms with Gasteiger partial charge in [0, 0.05) is 11.5 Å². The third-order valence-electron chi connectivity index (χ3n) is 6.73. The fraction of sp³-hybridized carbons (Fsp3) is 0.464. The van der Waals surface area contributed by atoms with Crippen molar-refractivity contribution in [3.05, 3.63) is 71.1 Å². The molecule has 0 aliphatic carbocycles. The standard InChI is InChI=1S/C28H36N4O2/c1-19-6-8-22(9-7-19)26-30-25(34-31-26)18-32-16-14-23(15-17-32)27(33)29-20(2)21-10-12-24(13-11-21)28(3,4)5/h6-13,20,23H,14-18H2,1-5H3,(H,29,33). The molecule has 6 heteroatoms. The van der Waals surface area contributed by atoms with Crippen LogP contribution in [0.2, 0.25) is 0 Å². The van der Waals surface area contributed by atoms with Crippen LogP contribution in [0.5, 0.6) is 0 Å². The quantitative estimate of drug-likeness (QED) is 0.531. The summed E-state index contributed by atoms with van der Waals surface area (Å²) in [5.41, 5.74) is 4.72. The van der Waals surface area contributed by atoms with Crippen LogP contribution in [-0.2, 0) is 16.8 Å². The maximum absolute atomic E-state index is 12.9. The van der Waals surface area contributed by atoms with Crippen LogP contribution in [0.4, 0.5) is 0 Å². The first-order valence-corrected chi connectivity index (χ1v) is 12.2. The highest BCUT2D eigenvalue weighted by atomic mass is 16.5. The predicted octanol–water partition coefficient (Wildman–Crippen LogP) is 5.43. The number of likely N-dealkylation sites (tertiary alicyclic amines) is 1. The molecule has 3 aromatic rings. The normalized spacial score (nSPS) is 16.4. The molecule has 1 aliphatic rings. The van der Waals surface area contributed by atoms with Gasteiger partial charge in [-0.2, -0.15) is 4.98 Å². The van der Waals surface area contributed by atoms with Gasteiger partial charge in [0.1, 0.15) is 0 Å². The molecule has 4 rings (SSSR count). The lowest BCUT2D eigenvalue weighted by Gasteiger charge is -2.31. The summed E-state index contributed by atoms with van der Waals surface area (Å²) in [6.07, 6.45) is 1.67. The second-order valence-electron chi connectivity index (χ2n) is 10.5. The molecular weight excluding hydrogens is 424 g/mol. The van der Waals surface area contributed by atoms with E-state index in [1.165, 1.54) is 11.1 Å². The summed E-state index contributed by atoms with van der Waals surface area (Å²) in [4.78, 5) is 19.7. The van der Waals surface area contributed by atoms with Crippen LogP contribution in [-0.4, -0.2) is 34.0 Å². The number of piperidine rings is 1. The van der Waals surface area contributed by atoms with Crippen LogP contribution in [0.25, 0.3) is 11.4 Å². The summed E-state index contributed by atoms with van der Waals surface area (Å²) in [7, 11) is 0. The van der Waals surface area contributed by atoms with Crippen LogP contribution in [0, 0.1) is 12.8 Å². The molecule has 2 heterocycles. The van der Waals surface area contributed by atoms with Crippen molar-refractivity contribution in [2.45, 2.75) is 65.5 Å². The second kappa shape index (κ2) is 10.1. The molecule has 180 valence electrons. The van der Waals surface area contributed by atoms with Gasteiger partial charge in [-0.3, -0.25) is 9.69 Å². The molecule has 1 N–H and O–H groups in total. The summed E-state index contributed by atoms with van der Waals surface area (Å²) in [6.45, 7) is 13.0. The van der Waals surface area contributed by atoms with Gasteiger partial charge in [-0.05, 0) is 56.3 Å². The van der Waals surface area contributed by atoms with E-state index in [0.29, 0.717) is 18.3 Å². The molecule has 6 nitrogen and oxygen atoms in total. The van der Waals surface area contributed by atoms with E-state index in [-0.39, 0.29) is 23.3 Å². The van der Waals surface area contributed by atoms with Crippen molar-refractivity contribution in [2.24, 2.45) is 5.92 Å². The van der Waals surface area contributed by atoms with E-state index in [1.807, 2.05) is 24.3 Å². The number of carbonyl (C=O) groups excluding carboxylic acids is 1. The van der Waals surface area contributed by atoms with Crippen molar-refractivity contribution in [3.63, 3.8) is 0 Å². The zero-order valence-corrected chi connectivity index (χ0v) is 21.0. The SMILES string of the molecule is Cc1ccc(-c2noc(CN3CCC(C(=O)NC(C)c4ccc(C(C)(C)C)cc4)CC3)n2)cc1. The minimum atomic E-state index is -0.00173. The minimum Gasteiger partial charge on any atom is -0.349 e. The number of carbonyl (C=O) groups is 1. The van der Waals surface area contributed by atoms with Crippen LogP contribution in [0.3, 0.4) is 0 Å². The van der Waals surface area contributed by atoms with E-state index in [4.69, 9.17) is 4.52 Å². The number of benzene rings is 2. The first-order chi connectivity index (χ1) is 16.2. The maximum Gasteiger partial charge on any atom is 0.241 e. The van der Waals surface area contributed by atoms with Gasteiger partial charge in [-0.25, -0.2) is 0 Å². The monoisotopic (exact) mass is 460 g/mol. The molecule has 0 spiro atoms. The molecule has 0 bridgehead atoms. The van der Waals surface area contributed by atoms with E-state index >= 15 is 0 Å². The van der Waals surface area contributed by atoms with Gasteiger partial charge < -0.3 is 9.84 Å². The third-order valence-corrected chi connectivity index (χ3v) is 6.73. The molecule has 34 heavy (non-hydrogen) atoms. The molecule has 0 radical (unpaired) electrons. The average Bonchev–Trinajstić information content (AvgIpc) is 3.28. The van der Waals surface area contributed by atoms with Crippen molar-refractivity contribution in [1.29, 1.82) is 0 Å². The molecular formula is C28H36N4O2. The Morgan fingerprint density at radius 2 is 1.74 bits per heavy atom. The van der Waals surface area contributed by atoms with Gasteiger partial charge in [0.2, 0.25) is 17.6 Å². The topological polar surface area (TPSA) is 71.3 Å². The Morgan fingerprint density at radius 1 is 1.09 bits per heavy atom. The van der Waals surface area contributed by atoms with E-state index < -0.39 is 0 Å². The highest BCUT2D eigenvalue weighted by Gasteiger charge is 2.27. The molecule has 1 aliphatic heterocycles. The van der Waals surface area contributed by atoms with E-state index in [1.54, 1.807) is 0 Å². The third kappa shape index (κ3) is 5.92. The van der Waals surface area contributed by atoms with Gasteiger partial charge in [0.05, 0.1) is 12.6 Å². The summed E-state index contributed by atoms with van der Waals surface area (Å²) in [5, 5.41) is 7.34. The number of amides is 1. The van der Waals surface area contributed by atoms with E-state index in [2.05, 4.69) is 79.2 Å². The lowest BCUT2D eigenvalue weighted by molar-refractivity contribution is -0.127. The Labute approximate surface area is 202 Å². The molecule has 1 amide bonds. The number of rotatable bonds is 6. The zero-order chi connectivity index (χ0) is 24.3. The van der Waals surface area contributed by atoms with E-state index in [0.717, 1.165) is 37.1 Å². The summed E-state index contributed by atoms with van der Waals surface area (Å²) < 4.78 is 5.48. The van der Waals surface area contributed by atoms with Crippen LogP contribution in [0.1, 0.15) is 69.2 Å². The largest absolute Gasteiger partial charge is 0.349 e. The van der Waals surface area contributed by atoms with Gasteiger partial charge in [0.15, 0.2) is 0 Å². The van der Waals surface area contributed by atoms with E-state index in [9.17, 15) is 4.79 Å². The maximum atomic E-state index is 12.9. The molecule has 1 unspecified atom stereocenters. The average molecular weight is 461 g/mol. The first kappa shape index (κ1) is 24.1. The fourth-order valence-electron chi connectivity index (χ4n) is 4.37. The molecule has 2 aromatic carbocycles. The van der Waals surface area contributed by atoms with Crippen LogP contribution >= 0.6 is 0 Å². The summed E-state index contributed by atoms with van der Waals surface area (Å²) in [6, 6.07) is 16.7. The number of nitrogens with one attached hydrogen (secondary N) is 1. The Morgan fingerprint density at radius 3 is 2.35 bits per heavy atom. The zero-order valence-electron chi connectivity index (χ0n) is 21.0. The molecule has 1 aromatic heterocycles. The Kier molecular flexibility index (Phi) is 7.17. The van der Waals surface area contributed by atoms with Crippen LogP contribution < -0.4 is 5.32 Å². The molecule has 1 atom stereocenters. The number of hydrogen-bond acceptors (Lipinski definition) is 5. The van der Waals surface area contributed by atoms with Crippen molar-refractivity contribution < 1.29 is 9.32 Å². The van der Waals surface area contributed by atoms with Crippen LogP contribution in [0.15, 0.2) is 53.1 Å². The fourth-order valence-corrected chi connectivity index (χ4v) is 4.37. The predicted molar refractivity (Wildman–Crippen MR) is 134 cm³/mol. The number of aryl methyl sites for hydroxylation is 1.